The van der Waals surface area contributed by atoms with Gasteiger partial charge >= 0.3 is 0 Å². The van der Waals surface area contributed by atoms with E-state index in [1.54, 1.807) is 10.6 Å². The molecule has 1 aromatic carbocycles. The van der Waals surface area contributed by atoms with Crippen LogP contribution in [0.5, 0.6) is 0 Å². The van der Waals surface area contributed by atoms with E-state index in [0.717, 1.165) is 6.42 Å². The Morgan fingerprint density at radius 2 is 2.11 bits per heavy atom. The van der Waals surface area contributed by atoms with Crippen molar-refractivity contribution in [3.63, 3.8) is 0 Å². The van der Waals surface area contributed by atoms with Crippen LogP contribution in [0.15, 0.2) is 34.2 Å². The lowest BCUT2D eigenvalue weighted by Gasteiger charge is -2.11. The molecule has 0 radical (unpaired) electrons. The first-order chi connectivity index (χ1) is 9.13. The highest BCUT2D eigenvalue weighted by atomic mass is 32.2. The molecule has 5 heteroatoms. The number of rotatable bonds is 5. The molecule has 1 heterocycles. The van der Waals surface area contributed by atoms with Gasteiger partial charge in [0.1, 0.15) is 5.78 Å². The van der Waals surface area contributed by atoms with Crippen LogP contribution in [0.4, 0.5) is 0 Å². The Bertz CT molecular complexity index is 664. The third-order valence-electron chi connectivity index (χ3n) is 2.68. The summed E-state index contributed by atoms with van der Waals surface area (Å²) >= 11 is 1.33. The molecule has 2 aromatic rings. The second kappa shape index (κ2) is 6.02. The summed E-state index contributed by atoms with van der Waals surface area (Å²) in [5, 5.41) is 1.25. The number of benzene rings is 1. The minimum atomic E-state index is -0.0292. The Hall–Kier alpha value is -1.62. The number of carbonyl (C=O) groups excluding carboxylic acids is 1. The number of hydrogen-bond acceptors (Lipinski definition) is 4. The smallest absolute Gasteiger partial charge is 0.262 e. The molecule has 0 atom stereocenters. The number of hydrogen-bond donors (Lipinski definition) is 0. The summed E-state index contributed by atoms with van der Waals surface area (Å²) in [6, 6.07) is 7.31. The molecular formula is C14H16N2O2S. The SMILES string of the molecule is CCCn1c(SCC(C)=O)nc2ccccc2c1=O. The maximum absolute atomic E-state index is 12.4. The third-order valence-corrected chi connectivity index (χ3v) is 3.80. The van der Waals surface area contributed by atoms with Crippen molar-refractivity contribution in [2.24, 2.45) is 0 Å². The van der Waals surface area contributed by atoms with Crippen LogP contribution in [0.25, 0.3) is 10.9 Å². The van der Waals surface area contributed by atoms with E-state index in [1.807, 2.05) is 25.1 Å². The first-order valence-electron chi connectivity index (χ1n) is 6.25. The van der Waals surface area contributed by atoms with Crippen molar-refractivity contribution in [3.8, 4) is 0 Å². The fourth-order valence-electron chi connectivity index (χ4n) is 1.84. The van der Waals surface area contributed by atoms with Crippen LogP contribution in [0.2, 0.25) is 0 Å². The maximum atomic E-state index is 12.4. The fourth-order valence-corrected chi connectivity index (χ4v) is 2.67. The normalized spacial score (nSPS) is 10.8. The van der Waals surface area contributed by atoms with Crippen molar-refractivity contribution in [3.05, 3.63) is 34.6 Å². The summed E-state index contributed by atoms with van der Waals surface area (Å²) in [4.78, 5) is 28.0. The van der Waals surface area contributed by atoms with Gasteiger partial charge in [-0.05, 0) is 25.5 Å². The number of aromatic nitrogens is 2. The molecular weight excluding hydrogens is 260 g/mol. The molecule has 0 aliphatic rings. The molecule has 100 valence electrons. The maximum Gasteiger partial charge on any atom is 0.262 e. The molecule has 0 aliphatic carbocycles. The summed E-state index contributed by atoms with van der Waals surface area (Å²) < 4.78 is 1.66. The van der Waals surface area contributed by atoms with Crippen molar-refractivity contribution < 1.29 is 4.79 Å². The largest absolute Gasteiger partial charge is 0.299 e. The number of ketones is 1. The van der Waals surface area contributed by atoms with Gasteiger partial charge in [0.15, 0.2) is 5.16 Å². The number of thioether (sulfide) groups is 1. The monoisotopic (exact) mass is 276 g/mol. The van der Waals surface area contributed by atoms with Crippen LogP contribution in [0.3, 0.4) is 0 Å². The predicted octanol–water partition coefficient (Wildman–Crippen LogP) is 2.49. The van der Waals surface area contributed by atoms with Crippen LogP contribution < -0.4 is 5.56 Å². The zero-order chi connectivity index (χ0) is 13.8. The van der Waals surface area contributed by atoms with Crippen molar-refractivity contribution in [2.45, 2.75) is 32.0 Å². The summed E-state index contributed by atoms with van der Waals surface area (Å²) in [5.41, 5.74) is 0.657. The van der Waals surface area contributed by atoms with E-state index in [9.17, 15) is 9.59 Å². The fraction of sp³-hybridized carbons (Fsp3) is 0.357. The van der Waals surface area contributed by atoms with Crippen molar-refractivity contribution >= 4 is 28.4 Å². The van der Waals surface area contributed by atoms with Gasteiger partial charge in [0.05, 0.1) is 16.7 Å². The summed E-state index contributed by atoms with van der Waals surface area (Å²) in [6.45, 7) is 4.17. The molecule has 1 aromatic heterocycles. The Morgan fingerprint density at radius 3 is 2.79 bits per heavy atom. The molecule has 0 fully saturated rings. The summed E-state index contributed by atoms with van der Waals surface area (Å²) in [6.07, 6.45) is 0.855. The lowest BCUT2D eigenvalue weighted by molar-refractivity contribution is -0.114. The highest BCUT2D eigenvalue weighted by molar-refractivity contribution is 7.99. The topological polar surface area (TPSA) is 52.0 Å². The Kier molecular flexibility index (Phi) is 4.37. The van der Waals surface area contributed by atoms with Crippen molar-refractivity contribution in [1.29, 1.82) is 0 Å². The van der Waals surface area contributed by atoms with Crippen molar-refractivity contribution in [1.82, 2.24) is 9.55 Å². The van der Waals surface area contributed by atoms with Crippen LogP contribution in [-0.2, 0) is 11.3 Å². The van der Waals surface area contributed by atoms with Gasteiger partial charge in [0.2, 0.25) is 0 Å². The van der Waals surface area contributed by atoms with Crippen LogP contribution in [-0.4, -0.2) is 21.1 Å². The minimum absolute atomic E-state index is 0.0292. The quantitative estimate of drug-likeness (QED) is 0.622. The second-order valence-electron chi connectivity index (χ2n) is 4.36. The predicted molar refractivity (Wildman–Crippen MR) is 77.7 cm³/mol. The molecule has 0 amide bonds. The van der Waals surface area contributed by atoms with Gasteiger partial charge in [0.25, 0.3) is 5.56 Å². The number of nitrogens with zero attached hydrogens (tertiary/aromatic N) is 2. The highest BCUT2D eigenvalue weighted by Gasteiger charge is 2.11. The first kappa shape index (κ1) is 13.8. The van der Waals surface area contributed by atoms with E-state index >= 15 is 0 Å². The summed E-state index contributed by atoms with van der Waals surface area (Å²) in [7, 11) is 0. The Morgan fingerprint density at radius 1 is 1.37 bits per heavy atom. The molecule has 0 aliphatic heterocycles. The lowest BCUT2D eigenvalue weighted by Crippen LogP contribution is -2.23. The minimum Gasteiger partial charge on any atom is -0.299 e. The van der Waals surface area contributed by atoms with E-state index in [0.29, 0.717) is 28.4 Å². The molecule has 0 saturated carbocycles. The number of fused-ring (bicyclic) bond motifs is 1. The van der Waals surface area contributed by atoms with E-state index in [4.69, 9.17) is 0 Å². The zero-order valence-electron chi connectivity index (χ0n) is 11.0. The Balaban J connectivity index is 2.56. The van der Waals surface area contributed by atoms with Gasteiger partial charge in [-0.25, -0.2) is 4.98 Å². The molecule has 0 spiro atoms. The van der Waals surface area contributed by atoms with E-state index in [-0.39, 0.29) is 11.3 Å². The van der Waals surface area contributed by atoms with Gasteiger partial charge in [0, 0.05) is 6.54 Å². The van der Waals surface area contributed by atoms with Gasteiger partial charge in [-0.3, -0.25) is 14.2 Å². The van der Waals surface area contributed by atoms with Gasteiger partial charge in [-0.2, -0.15) is 0 Å². The lowest BCUT2D eigenvalue weighted by atomic mass is 10.2. The van der Waals surface area contributed by atoms with Crippen molar-refractivity contribution in [2.75, 3.05) is 5.75 Å². The average molecular weight is 276 g/mol. The molecule has 19 heavy (non-hydrogen) atoms. The third kappa shape index (κ3) is 3.04. The molecule has 2 rings (SSSR count). The van der Waals surface area contributed by atoms with Crippen LogP contribution in [0.1, 0.15) is 20.3 Å². The molecule has 4 nitrogen and oxygen atoms in total. The summed E-state index contributed by atoms with van der Waals surface area (Å²) in [5.74, 6) is 0.421. The van der Waals surface area contributed by atoms with Gasteiger partial charge in [-0.1, -0.05) is 30.8 Å². The molecule has 0 bridgehead atoms. The first-order valence-corrected chi connectivity index (χ1v) is 7.24. The Labute approximate surface area is 115 Å². The van der Waals surface area contributed by atoms with Gasteiger partial charge < -0.3 is 0 Å². The molecule has 0 N–H and O–H groups in total. The van der Waals surface area contributed by atoms with E-state index in [2.05, 4.69) is 4.98 Å². The number of para-hydroxylation sites is 1. The van der Waals surface area contributed by atoms with Crippen LogP contribution in [0, 0.1) is 0 Å². The van der Waals surface area contributed by atoms with E-state index in [1.165, 1.54) is 18.7 Å². The molecule has 0 saturated heterocycles. The number of Topliss-reactive ketones (excluding diaryl/α,β-unsaturated/α-hetero) is 1. The number of carbonyl (C=O) groups is 1. The zero-order valence-corrected chi connectivity index (χ0v) is 11.9. The highest BCUT2D eigenvalue weighted by Crippen LogP contribution is 2.17. The standard InChI is InChI=1S/C14H16N2O2S/c1-3-8-16-13(18)11-6-4-5-7-12(11)15-14(16)19-9-10(2)17/h4-7H,3,8-9H2,1-2H3. The molecule has 0 unspecified atom stereocenters. The van der Waals surface area contributed by atoms with E-state index < -0.39 is 0 Å². The van der Waals surface area contributed by atoms with Gasteiger partial charge in [-0.15, -0.1) is 0 Å². The van der Waals surface area contributed by atoms with Crippen LogP contribution >= 0.6 is 11.8 Å². The second-order valence-corrected chi connectivity index (χ2v) is 5.30. The average Bonchev–Trinajstić information content (AvgIpc) is 2.40.